The van der Waals surface area contributed by atoms with Gasteiger partial charge in [0, 0.05) is 14.5 Å². The van der Waals surface area contributed by atoms with Gasteiger partial charge >= 0.3 is 0 Å². The van der Waals surface area contributed by atoms with Crippen LogP contribution in [0.15, 0.2) is 21.2 Å². The average molecular weight is 264 g/mol. The van der Waals surface area contributed by atoms with Gasteiger partial charge in [0.05, 0.1) is 0 Å². The maximum absolute atomic E-state index is 10.4. The highest BCUT2D eigenvalue weighted by molar-refractivity contribution is 9.14. The Kier molecular flexibility index (Phi) is 4.01. The summed E-state index contributed by atoms with van der Waals surface area (Å²) in [7, 11) is 1.27. The lowest BCUT2D eigenvalue weighted by molar-refractivity contribution is 0.617. The maximum atomic E-state index is 10.4. The van der Waals surface area contributed by atoms with Gasteiger partial charge in [0.15, 0.2) is 0 Å². The highest BCUT2D eigenvalue weighted by Crippen LogP contribution is 2.32. The number of hydrogen-bond donors (Lipinski definition) is 0. The molecule has 0 N–H and O–H groups in total. The maximum Gasteiger partial charge on any atom is 0.267 e. The molecule has 0 amide bonds. The fourth-order valence-corrected chi connectivity index (χ4v) is 2.31. The van der Waals surface area contributed by atoms with Crippen molar-refractivity contribution in [1.29, 1.82) is 0 Å². The molecule has 6 heteroatoms. The molecule has 0 aromatic heterocycles. The van der Waals surface area contributed by atoms with E-state index in [1.165, 1.54) is 0 Å². The average Bonchev–Trinajstić information content (AvgIpc) is 1.60. The lowest BCUT2D eigenvalue weighted by atomic mass is 11.2. The fraction of sp³-hybridized carbons (Fsp3) is 0. The van der Waals surface area contributed by atoms with E-state index in [2.05, 4.69) is 29.1 Å². The van der Waals surface area contributed by atoms with Gasteiger partial charge in [0.1, 0.15) is 4.24 Å². The van der Waals surface area contributed by atoms with Gasteiger partial charge in [0.2, 0.25) is 0 Å². The van der Waals surface area contributed by atoms with Gasteiger partial charge in [-0.3, -0.25) is 0 Å². The summed E-state index contributed by atoms with van der Waals surface area (Å²) in [5, 5.41) is 0. The summed E-state index contributed by atoms with van der Waals surface area (Å²) in [6.45, 7) is 6.62. The zero-order valence-electron chi connectivity index (χ0n) is 4.80. The third kappa shape index (κ3) is 4.38. The molecule has 0 spiro atoms. The molecule has 10 heavy (non-hydrogen) atoms. The van der Waals surface area contributed by atoms with Crippen molar-refractivity contribution in [3.05, 3.63) is 21.2 Å². The monoisotopic (exact) mass is 262 g/mol. The first kappa shape index (κ1) is 10.6. The molecule has 0 radical (unpaired) electrons. The van der Waals surface area contributed by atoms with Crippen LogP contribution in [0, 0.1) is 0 Å². The molecular weight excluding hydrogens is 260 g/mol. The summed E-state index contributed by atoms with van der Waals surface area (Å²) in [4.78, 5) is 0. The van der Waals surface area contributed by atoms with Crippen LogP contribution < -0.4 is 0 Å². The molecule has 0 unspecified atom stereocenters. The van der Waals surface area contributed by atoms with Gasteiger partial charge in [-0.25, -0.2) is 8.42 Å². The molecule has 0 fully saturated rings. The summed E-state index contributed by atoms with van der Waals surface area (Å²) in [6.07, 6.45) is 0. The van der Waals surface area contributed by atoms with Gasteiger partial charge in [-0.2, -0.15) is 0 Å². The summed E-state index contributed by atoms with van der Waals surface area (Å²) in [5.41, 5.74) is 0. The lowest BCUT2D eigenvalue weighted by Crippen LogP contribution is -1.87. The second kappa shape index (κ2) is 3.80. The van der Waals surface area contributed by atoms with Gasteiger partial charge in [0.25, 0.3) is 9.05 Å². The van der Waals surface area contributed by atoms with Crippen LogP contribution in [0.25, 0.3) is 0 Å². The first-order valence-electron chi connectivity index (χ1n) is 2.00. The number of thioether (sulfide) groups is 1. The normalized spacial score (nSPS) is 11.0. The van der Waals surface area contributed by atoms with E-state index in [-0.39, 0.29) is 4.24 Å². The molecule has 0 rings (SSSR count). The van der Waals surface area contributed by atoms with Crippen molar-refractivity contribution in [2.24, 2.45) is 0 Å². The molecule has 58 valence electrons. The summed E-state index contributed by atoms with van der Waals surface area (Å²) >= 11 is 3.82. The van der Waals surface area contributed by atoms with Gasteiger partial charge in [-0.15, -0.1) is 0 Å². The first-order valence-corrected chi connectivity index (χ1v) is 5.91. The van der Waals surface area contributed by atoms with Crippen molar-refractivity contribution < 1.29 is 8.42 Å². The predicted molar refractivity (Wildman–Crippen MR) is 49.6 cm³/mol. The van der Waals surface area contributed by atoms with Crippen molar-refractivity contribution in [2.75, 3.05) is 0 Å². The fourth-order valence-electron chi connectivity index (χ4n) is 0.173. The van der Waals surface area contributed by atoms with Crippen LogP contribution in [0.2, 0.25) is 0 Å². The highest BCUT2D eigenvalue weighted by atomic mass is 79.9. The van der Waals surface area contributed by atoms with E-state index in [1.54, 1.807) is 0 Å². The van der Waals surface area contributed by atoms with Gasteiger partial charge in [-0.05, 0) is 15.9 Å². The topological polar surface area (TPSA) is 34.1 Å². The zero-order chi connectivity index (χ0) is 8.36. The minimum Gasteiger partial charge on any atom is -0.206 e. The van der Waals surface area contributed by atoms with Crippen LogP contribution in [0.4, 0.5) is 0 Å². The minimum atomic E-state index is -3.65. The Hall–Kier alpha value is 0.550. The molecule has 0 aromatic rings. The molecule has 0 aliphatic rings. The van der Waals surface area contributed by atoms with E-state index >= 15 is 0 Å². The molecule has 0 aromatic carbocycles. The van der Waals surface area contributed by atoms with E-state index in [9.17, 15) is 8.42 Å². The molecule has 0 aliphatic carbocycles. The Morgan fingerprint density at radius 3 is 2.00 bits per heavy atom. The summed E-state index contributed by atoms with van der Waals surface area (Å²) < 4.78 is 21.2. The molecule has 0 bridgehead atoms. The summed E-state index contributed by atoms with van der Waals surface area (Å²) in [5.74, 6) is 0. The van der Waals surface area contributed by atoms with E-state index in [4.69, 9.17) is 10.7 Å². The van der Waals surface area contributed by atoms with Crippen molar-refractivity contribution >= 4 is 47.4 Å². The molecular formula is C4H4BrClO2S2. The Balaban J connectivity index is 4.28. The third-order valence-corrected chi connectivity index (χ3v) is 3.72. The van der Waals surface area contributed by atoms with Gasteiger partial charge < -0.3 is 0 Å². The van der Waals surface area contributed by atoms with Crippen LogP contribution >= 0.6 is 38.4 Å². The van der Waals surface area contributed by atoms with Crippen LogP contribution in [0.1, 0.15) is 0 Å². The first-order chi connectivity index (χ1) is 4.34. The second-order valence-corrected chi connectivity index (χ2v) is 6.78. The Bertz CT molecular complexity index is 256. The Labute approximate surface area is 76.9 Å². The van der Waals surface area contributed by atoms with Crippen molar-refractivity contribution in [3.8, 4) is 0 Å². The van der Waals surface area contributed by atoms with E-state index in [1.807, 2.05) is 0 Å². The quantitative estimate of drug-likeness (QED) is 0.734. The standard InChI is InChI=1S/C4H4BrClO2S2/c1-3(5)9-4(2)10(6,7)8/h1-2H2. The number of hydrogen-bond acceptors (Lipinski definition) is 3. The smallest absolute Gasteiger partial charge is 0.206 e. The van der Waals surface area contributed by atoms with Crippen molar-refractivity contribution in [2.45, 2.75) is 0 Å². The van der Waals surface area contributed by atoms with Crippen LogP contribution in [0.5, 0.6) is 0 Å². The van der Waals surface area contributed by atoms with Crippen LogP contribution in [-0.4, -0.2) is 8.42 Å². The van der Waals surface area contributed by atoms with Crippen LogP contribution in [-0.2, 0) is 9.05 Å². The minimum absolute atomic E-state index is 0.129. The largest absolute Gasteiger partial charge is 0.267 e. The van der Waals surface area contributed by atoms with Gasteiger partial charge in [-0.1, -0.05) is 24.9 Å². The predicted octanol–water partition coefficient (Wildman–Crippen LogP) is 2.63. The van der Waals surface area contributed by atoms with Crippen LogP contribution in [0.3, 0.4) is 0 Å². The van der Waals surface area contributed by atoms with E-state index < -0.39 is 9.05 Å². The molecule has 0 atom stereocenters. The van der Waals surface area contributed by atoms with Crippen molar-refractivity contribution in [1.82, 2.24) is 0 Å². The van der Waals surface area contributed by atoms with E-state index in [0.717, 1.165) is 11.8 Å². The third-order valence-electron chi connectivity index (χ3n) is 0.497. The van der Waals surface area contributed by atoms with E-state index in [0.29, 0.717) is 3.81 Å². The lowest BCUT2D eigenvalue weighted by Gasteiger charge is -1.96. The second-order valence-electron chi connectivity index (χ2n) is 1.27. The number of halogens is 2. The molecule has 0 heterocycles. The molecule has 0 saturated heterocycles. The highest BCUT2D eigenvalue weighted by Gasteiger charge is 2.11. The molecule has 0 saturated carbocycles. The SMILES string of the molecule is C=C(Br)SC(=C)S(=O)(=O)Cl. The zero-order valence-corrected chi connectivity index (χ0v) is 8.78. The summed E-state index contributed by atoms with van der Waals surface area (Å²) in [6, 6.07) is 0. The molecule has 0 aliphatic heterocycles. The Morgan fingerprint density at radius 2 is 1.90 bits per heavy atom. The Morgan fingerprint density at radius 1 is 1.50 bits per heavy atom. The number of rotatable bonds is 3. The molecule has 2 nitrogen and oxygen atoms in total. The van der Waals surface area contributed by atoms with Crippen molar-refractivity contribution in [3.63, 3.8) is 0 Å².